The monoisotopic (exact) mass is 294 g/mol. The van der Waals surface area contributed by atoms with Gasteiger partial charge in [-0.05, 0) is 36.2 Å². The number of hydrogen-bond acceptors (Lipinski definition) is 3. The fourth-order valence-corrected chi connectivity index (χ4v) is 2.18. The molecule has 0 amide bonds. The second-order valence-corrected chi connectivity index (χ2v) is 4.88. The number of nitro benzene ring substituents is 1. The average molecular weight is 295 g/mol. The van der Waals surface area contributed by atoms with Crippen molar-refractivity contribution in [2.24, 2.45) is 5.73 Å². The van der Waals surface area contributed by atoms with Crippen LogP contribution in [0.2, 0.25) is 5.02 Å². The summed E-state index contributed by atoms with van der Waals surface area (Å²) in [6, 6.07) is 7.61. The van der Waals surface area contributed by atoms with Crippen LogP contribution in [0.4, 0.5) is 10.1 Å². The summed E-state index contributed by atoms with van der Waals surface area (Å²) in [6.07, 6.45) is 0. The maximum absolute atomic E-state index is 13.8. The van der Waals surface area contributed by atoms with Crippen LogP contribution in [0.15, 0.2) is 36.4 Å². The van der Waals surface area contributed by atoms with Crippen LogP contribution in [0, 0.1) is 22.9 Å². The van der Waals surface area contributed by atoms with E-state index in [0.717, 1.165) is 5.56 Å². The maximum atomic E-state index is 13.8. The molecule has 0 aromatic heterocycles. The van der Waals surface area contributed by atoms with Crippen LogP contribution >= 0.6 is 11.6 Å². The van der Waals surface area contributed by atoms with Crippen LogP contribution in [0.5, 0.6) is 0 Å². The predicted molar refractivity (Wildman–Crippen MR) is 75.3 cm³/mol. The van der Waals surface area contributed by atoms with E-state index < -0.39 is 16.8 Å². The Labute approximate surface area is 120 Å². The molecule has 0 aliphatic heterocycles. The third kappa shape index (κ3) is 2.79. The lowest BCUT2D eigenvalue weighted by atomic mass is 9.95. The van der Waals surface area contributed by atoms with E-state index in [0.29, 0.717) is 10.6 Å². The van der Waals surface area contributed by atoms with Gasteiger partial charge >= 0.3 is 0 Å². The molecule has 0 aliphatic carbocycles. The summed E-state index contributed by atoms with van der Waals surface area (Å²) in [4.78, 5) is 10.3. The van der Waals surface area contributed by atoms with E-state index >= 15 is 0 Å². The molecule has 0 fully saturated rings. The molecule has 1 unspecified atom stereocenters. The van der Waals surface area contributed by atoms with E-state index in [2.05, 4.69) is 0 Å². The van der Waals surface area contributed by atoms with Gasteiger partial charge in [0.25, 0.3) is 5.69 Å². The first-order valence-electron chi connectivity index (χ1n) is 5.85. The summed E-state index contributed by atoms with van der Waals surface area (Å²) in [5.41, 5.74) is 7.42. The molecule has 0 heterocycles. The molecule has 2 N–H and O–H groups in total. The van der Waals surface area contributed by atoms with Gasteiger partial charge in [-0.1, -0.05) is 17.7 Å². The third-order valence-electron chi connectivity index (χ3n) is 3.10. The third-order valence-corrected chi connectivity index (χ3v) is 3.34. The quantitative estimate of drug-likeness (QED) is 0.692. The van der Waals surface area contributed by atoms with Crippen molar-refractivity contribution >= 4 is 17.3 Å². The Bertz CT molecular complexity index is 676. The lowest BCUT2D eigenvalue weighted by molar-refractivity contribution is -0.384. The molecular weight excluding hydrogens is 283 g/mol. The first-order chi connectivity index (χ1) is 9.40. The Balaban J connectivity index is 2.52. The minimum absolute atomic E-state index is 0.0801. The molecular formula is C14H12ClFN2O2. The Morgan fingerprint density at radius 1 is 1.25 bits per heavy atom. The van der Waals surface area contributed by atoms with Crippen molar-refractivity contribution in [3.8, 4) is 0 Å². The minimum Gasteiger partial charge on any atom is -0.320 e. The van der Waals surface area contributed by atoms with E-state index in [1.807, 2.05) is 0 Å². The smallest absolute Gasteiger partial charge is 0.269 e. The highest BCUT2D eigenvalue weighted by molar-refractivity contribution is 6.30. The zero-order valence-corrected chi connectivity index (χ0v) is 11.4. The van der Waals surface area contributed by atoms with Crippen molar-refractivity contribution in [2.75, 3.05) is 0 Å². The summed E-state index contributed by atoms with van der Waals surface area (Å²) in [5, 5.41) is 11.2. The molecule has 4 nitrogen and oxygen atoms in total. The number of nitrogens with zero attached hydrogens (tertiary/aromatic N) is 1. The Morgan fingerprint density at radius 2 is 1.95 bits per heavy atom. The maximum Gasteiger partial charge on any atom is 0.269 e. The van der Waals surface area contributed by atoms with Crippen molar-refractivity contribution in [1.29, 1.82) is 0 Å². The summed E-state index contributed by atoms with van der Waals surface area (Å²) in [7, 11) is 0. The summed E-state index contributed by atoms with van der Waals surface area (Å²) in [5.74, 6) is -0.493. The largest absolute Gasteiger partial charge is 0.320 e. The molecule has 2 rings (SSSR count). The molecule has 2 aromatic rings. The van der Waals surface area contributed by atoms with Gasteiger partial charge in [0.2, 0.25) is 0 Å². The number of rotatable bonds is 3. The highest BCUT2D eigenvalue weighted by atomic mass is 35.5. The Morgan fingerprint density at radius 3 is 2.60 bits per heavy atom. The van der Waals surface area contributed by atoms with Gasteiger partial charge < -0.3 is 5.73 Å². The van der Waals surface area contributed by atoms with Gasteiger partial charge in [0.05, 0.1) is 11.0 Å². The number of hydrogen-bond donors (Lipinski definition) is 1. The van der Waals surface area contributed by atoms with Crippen molar-refractivity contribution in [3.63, 3.8) is 0 Å². The van der Waals surface area contributed by atoms with Crippen molar-refractivity contribution in [1.82, 2.24) is 0 Å². The van der Waals surface area contributed by atoms with Gasteiger partial charge in [-0.15, -0.1) is 0 Å². The van der Waals surface area contributed by atoms with Gasteiger partial charge in [0.1, 0.15) is 5.82 Å². The topological polar surface area (TPSA) is 69.2 Å². The molecule has 6 heteroatoms. The molecule has 0 aliphatic rings. The molecule has 2 aromatic carbocycles. The molecule has 0 spiro atoms. The van der Waals surface area contributed by atoms with Gasteiger partial charge in [0.15, 0.2) is 0 Å². The highest BCUT2D eigenvalue weighted by Gasteiger charge is 2.19. The zero-order chi connectivity index (χ0) is 14.9. The Kier molecular flexibility index (Phi) is 4.01. The molecule has 20 heavy (non-hydrogen) atoms. The fourth-order valence-electron chi connectivity index (χ4n) is 2.00. The van der Waals surface area contributed by atoms with Crippen molar-refractivity contribution in [3.05, 3.63) is 74.0 Å². The molecule has 104 valence electrons. The lowest BCUT2D eigenvalue weighted by Gasteiger charge is -2.16. The fraction of sp³-hybridized carbons (Fsp3) is 0.143. The van der Waals surface area contributed by atoms with Gasteiger partial charge in [0, 0.05) is 22.7 Å². The van der Waals surface area contributed by atoms with Crippen molar-refractivity contribution in [2.45, 2.75) is 13.0 Å². The lowest BCUT2D eigenvalue weighted by Crippen LogP contribution is -2.15. The number of benzene rings is 2. The van der Waals surface area contributed by atoms with E-state index in [1.165, 1.54) is 30.3 Å². The number of halogens is 2. The summed E-state index contributed by atoms with van der Waals surface area (Å²) >= 11 is 5.84. The van der Waals surface area contributed by atoms with Crippen LogP contribution in [-0.2, 0) is 0 Å². The van der Waals surface area contributed by atoms with E-state index in [1.54, 1.807) is 13.0 Å². The standard InChI is InChI=1S/C14H12ClFN2O2/c1-8-2-4-10(18(19)20)7-11(8)14(17)12-6-9(15)3-5-13(12)16/h2-7,14H,17H2,1H3. The molecule has 0 bridgehead atoms. The minimum atomic E-state index is -0.811. The van der Waals surface area contributed by atoms with E-state index in [-0.39, 0.29) is 11.3 Å². The normalized spacial score (nSPS) is 12.2. The van der Waals surface area contributed by atoms with Crippen LogP contribution in [0.25, 0.3) is 0 Å². The molecule has 0 saturated heterocycles. The van der Waals surface area contributed by atoms with Gasteiger partial charge in [-0.3, -0.25) is 10.1 Å². The number of nitro groups is 1. The SMILES string of the molecule is Cc1ccc([N+](=O)[O-])cc1C(N)c1cc(Cl)ccc1F. The van der Waals surface area contributed by atoms with Crippen LogP contribution in [0.3, 0.4) is 0 Å². The number of nitrogens with two attached hydrogens (primary N) is 1. The second kappa shape index (κ2) is 5.56. The van der Waals surface area contributed by atoms with E-state index in [4.69, 9.17) is 17.3 Å². The number of aryl methyl sites for hydroxylation is 1. The van der Waals surface area contributed by atoms with Crippen LogP contribution in [0.1, 0.15) is 22.7 Å². The van der Waals surface area contributed by atoms with Gasteiger partial charge in [-0.25, -0.2) is 4.39 Å². The Hall–Kier alpha value is -1.98. The first-order valence-corrected chi connectivity index (χ1v) is 6.23. The zero-order valence-electron chi connectivity index (χ0n) is 10.6. The first kappa shape index (κ1) is 14.4. The van der Waals surface area contributed by atoms with Gasteiger partial charge in [-0.2, -0.15) is 0 Å². The molecule has 0 saturated carbocycles. The van der Waals surface area contributed by atoms with Crippen LogP contribution < -0.4 is 5.73 Å². The average Bonchev–Trinajstić information content (AvgIpc) is 2.41. The number of non-ortho nitro benzene ring substituents is 1. The van der Waals surface area contributed by atoms with E-state index in [9.17, 15) is 14.5 Å². The van der Waals surface area contributed by atoms with Crippen molar-refractivity contribution < 1.29 is 9.31 Å². The molecule has 1 atom stereocenters. The summed E-state index contributed by atoms with van der Waals surface area (Å²) < 4.78 is 13.8. The van der Waals surface area contributed by atoms with Crippen LogP contribution in [-0.4, -0.2) is 4.92 Å². The predicted octanol–water partition coefficient (Wildman–Crippen LogP) is 3.74. The molecule has 0 radical (unpaired) electrons. The highest BCUT2D eigenvalue weighted by Crippen LogP contribution is 2.29. The second-order valence-electron chi connectivity index (χ2n) is 4.44. The summed E-state index contributed by atoms with van der Waals surface area (Å²) in [6.45, 7) is 1.77.